The van der Waals surface area contributed by atoms with Gasteiger partial charge >= 0.3 is 0 Å². The molecule has 4 heteroatoms. The second-order valence-corrected chi connectivity index (χ2v) is 4.53. The minimum absolute atomic E-state index is 0.0899. The summed E-state index contributed by atoms with van der Waals surface area (Å²) in [5.74, 6) is -0.0899. The normalized spacial score (nSPS) is 10.8. The van der Waals surface area contributed by atoms with E-state index in [1.165, 1.54) is 6.92 Å². The van der Waals surface area contributed by atoms with Gasteiger partial charge in [-0.1, -0.05) is 6.07 Å². The molecule has 0 fully saturated rings. The van der Waals surface area contributed by atoms with Crippen LogP contribution in [0.5, 0.6) is 0 Å². The Morgan fingerprint density at radius 3 is 2.68 bits per heavy atom. The topological polar surface area (TPSA) is 68.0 Å². The number of carbonyl (C=O) groups is 1. The fourth-order valence-electron chi connectivity index (χ4n) is 2.13. The first-order valence-electron chi connectivity index (χ1n) is 5.99. The summed E-state index contributed by atoms with van der Waals surface area (Å²) in [7, 11) is 0. The van der Waals surface area contributed by atoms with Crippen molar-refractivity contribution < 1.29 is 4.79 Å². The predicted octanol–water partition coefficient (Wildman–Crippen LogP) is 2.93. The number of hydrogen-bond acceptors (Lipinski definition) is 3. The van der Waals surface area contributed by atoms with Gasteiger partial charge in [-0.05, 0) is 36.4 Å². The number of fused-ring (bicyclic) bond motifs is 2. The van der Waals surface area contributed by atoms with E-state index in [4.69, 9.17) is 5.73 Å². The van der Waals surface area contributed by atoms with Gasteiger partial charge < -0.3 is 11.1 Å². The molecule has 0 aliphatic heterocycles. The van der Waals surface area contributed by atoms with Crippen LogP contribution in [0.15, 0.2) is 42.5 Å². The number of amides is 1. The largest absolute Gasteiger partial charge is 0.399 e. The van der Waals surface area contributed by atoms with Crippen LogP contribution in [0.3, 0.4) is 0 Å². The van der Waals surface area contributed by atoms with Crippen LogP contribution in [0.1, 0.15) is 6.92 Å². The number of rotatable bonds is 1. The Morgan fingerprint density at radius 2 is 1.89 bits per heavy atom. The maximum atomic E-state index is 11.1. The lowest BCUT2D eigenvalue weighted by molar-refractivity contribution is -0.114. The number of anilines is 2. The molecule has 1 amide bonds. The van der Waals surface area contributed by atoms with E-state index in [1.54, 1.807) is 0 Å². The van der Waals surface area contributed by atoms with Crippen molar-refractivity contribution in [3.05, 3.63) is 42.5 Å². The lowest BCUT2D eigenvalue weighted by Crippen LogP contribution is -2.05. The lowest BCUT2D eigenvalue weighted by atomic mass is 10.1. The Morgan fingerprint density at radius 1 is 1.05 bits per heavy atom. The summed E-state index contributed by atoms with van der Waals surface area (Å²) in [5.41, 5.74) is 8.99. The maximum Gasteiger partial charge on any atom is 0.221 e. The van der Waals surface area contributed by atoms with Gasteiger partial charge in [0.2, 0.25) is 5.91 Å². The molecule has 0 aliphatic carbocycles. The third kappa shape index (κ3) is 2.20. The first-order chi connectivity index (χ1) is 9.11. The summed E-state index contributed by atoms with van der Waals surface area (Å²) in [6.45, 7) is 1.49. The van der Waals surface area contributed by atoms with Crippen LogP contribution in [0.2, 0.25) is 0 Å². The molecule has 1 aromatic heterocycles. The summed E-state index contributed by atoms with van der Waals surface area (Å²) in [5, 5.41) is 4.79. The first-order valence-corrected chi connectivity index (χ1v) is 5.99. The molecule has 94 valence electrons. The van der Waals surface area contributed by atoms with Crippen LogP contribution < -0.4 is 11.1 Å². The molecule has 0 saturated heterocycles. The van der Waals surface area contributed by atoms with Gasteiger partial charge in [0.1, 0.15) is 0 Å². The minimum atomic E-state index is -0.0899. The lowest BCUT2D eigenvalue weighted by Gasteiger charge is -2.06. The SMILES string of the molecule is CC(=O)Nc1ccc2cc3cc(N)ccc3nc2c1. The van der Waals surface area contributed by atoms with Crippen molar-refractivity contribution in [1.29, 1.82) is 0 Å². The number of nitrogen functional groups attached to an aromatic ring is 1. The molecule has 3 aromatic rings. The van der Waals surface area contributed by atoms with Gasteiger partial charge in [0.05, 0.1) is 11.0 Å². The van der Waals surface area contributed by atoms with Crippen LogP contribution in [-0.4, -0.2) is 10.9 Å². The molecule has 3 rings (SSSR count). The number of benzene rings is 2. The standard InChI is InChI=1S/C15H13N3O/c1-9(19)17-13-4-2-10-6-11-7-12(16)3-5-14(11)18-15(10)8-13/h2-8H,16H2,1H3,(H,17,19). The molecule has 0 unspecified atom stereocenters. The molecule has 0 aliphatic rings. The maximum absolute atomic E-state index is 11.1. The van der Waals surface area contributed by atoms with Crippen molar-refractivity contribution in [3.8, 4) is 0 Å². The molecular formula is C15H13N3O. The molecule has 0 radical (unpaired) electrons. The van der Waals surface area contributed by atoms with E-state index >= 15 is 0 Å². The van der Waals surface area contributed by atoms with E-state index in [-0.39, 0.29) is 5.91 Å². The van der Waals surface area contributed by atoms with Crippen LogP contribution in [0.4, 0.5) is 11.4 Å². The third-order valence-corrected chi connectivity index (χ3v) is 2.95. The molecule has 4 nitrogen and oxygen atoms in total. The van der Waals surface area contributed by atoms with Crippen molar-refractivity contribution in [2.75, 3.05) is 11.1 Å². The number of nitrogens with two attached hydrogens (primary N) is 1. The Balaban J connectivity index is 2.20. The van der Waals surface area contributed by atoms with Gasteiger partial charge in [-0.15, -0.1) is 0 Å². The van der Waals surface area contributed by atoms with Gasteiger partial charge in [-0.2, -0.15) is 0 Å². The summed E-state index contributed by atoms with van der Waals surface area (Å²) in [6, 6.07) is 13.4. The highest BCUT2D eigenvalue weighted by atomic mass is 16.1. The summed E-state index contributed by atoms with van der Waals surface area (Å²) < 4.78 is 0. The van der Waals surface area contributed by atoms with Gasteiger partial charge in [0, 0.05) is 29.1 Å². The van der Waals surface area contributed by atoms with Crippen molar-refractivity contribution in [2.24, 2.45) is 0 Å². The minimum Gasteiger partial charge on any atom is -0.399 e. The van der Waals surface area contributed by atoms with E-state index in [0.29, 0.717) is 0 Å². The van der Waals surface area contributed by atoms with Crippen molar-refractivity contribution in [3.63, 3.8) is 0 Å². The van der Waals surface area contributed by atoms with Gasteiger partial charge in [-0.3, -0.25) is 4.79 Å². The van der Waals surface area contributed by atoms with E-state index < -0.39 is 0 Å². The molecule has 19 heavy (non-hydrogen) atoms. The smallest absolute Gasteiger partial charge is 0.221 e. The summed E-state index contributed by atoms with van der Waals surface area (Å²) >= 11 is 0. The Bertz CT molecular complexity index is 796. The summed E-state index contributed by atoms with van der Waals surface area (Å²) in [6.07, 6.45) is 0. The zero-order chi connectivity index (χ0) is 13.4. The van der Waals surface area contributed by atoms with Gasteiger partial charge in [-0.25, -0.2) is 4.98 Å². The molecule has 0 spiro atoms. The molecular weight excluding hydrogens is 238 g/mol. The van der Waals surface area contributed by atoms with Crippen LogP contribution >= 0.6 is 0 Å². The van der Waals surface area contributed by atoms with Crippen LogP contribution in [-0.2, 0) is 4.79 Å². The number of nitrogens with zero attached hydrogens (tertiary/aromatic N) is 1. The first kappa shape index (κ1) is 11.5. The van der Waals surface area contributed by atoms with Crippen molar-refractivity contribution in [1.82, 2.24) is 4.98 Å². The Hall–Kier alpha value is -2.62. The third-order valence-electron chi connectivity index (χ3n) is 2.95. The van der Waals surface area contributed by atoms with E-state index in [1.807, 2.05) is 42.5 Å². The quantitative estimate of drug-likeness (QED) is 0.516. The fraction of sp³-hybridized carbons (Fsp3) is 0.0667. The zero-order valence-electron chi connectivity index (χ0n) is 10.5. The highest BCUT2D eigenvalue weighted by Gasteiger charge is 2.02. The Kier molecular flexibility index (Phi) is 2.56. The van der Waals surface area contributed by atoms with E-state index in [9.17, 15) is 4.79 Å². The highest BCUT2D eigenvalue weighted by molar-refractivity contribution is 5.97. The van der Waals surface area contributed by atoms with Crippen LogP contribution in [0, 0.1) is 0 Å². The number of carbonyl (C=O) groups excluding carboxylic acids is 1. The average Bonchev–Trinajstić information content (AvgIpc) is 2.35. The van der Waals surface area contributed by atoms with Crippen LogP contribution in [0.25, 0.3) is 21.8 Å². The Labute approximate surface area is 110 Å². The molecule has 3 N–H and O–H groups in total. The predicted molar refractivity (Wildman–Crippen MR) is 78.0 cm³/mol. The number of hydrogen-bond donors (Lipinski definition) is 2. The highest BCUT2D eigenvalue weighted by Crippen LogP contribution is 2.23. The number of pyridine rings is 1. The molecule has 2 aromatic carbocycles. The molecule has 1 heterocycles. The molecule has 0 bridgehead atoms. The zero-order valence-corrected chi connectivity index (χ0v) is 10.5. The summed E-state index contributed by atoms with van der Waals surface area (Å²) in [4.78, 5) is 15.6. The monoisotopic (exact) mass is 251 g/mol. The fourth-order valence-corrected chi connectivity index (χ4v) is 2.13. The number of nitrogens with one attached hydrogen (secondary N) is 1. The van der Waals surface area contributed by atoms with E-state index in [2.05, 4.69) is 10.3 Å². The number of aromatic nitrogens is 1. The van der Waals surface area contributed by atoms with Gasteiger partial charge in [0.15, 0.2) is 0 Å². The van der Waals surface area contributed by atoms with Crippen molar-refractivity contribution in [2.45, 2.75) is 6.92 Å². The van der Waals surface area contributed by atoms with Gasteiger partial charge in [0.25, 0.3) is 0 Å². The second-order valence-electron chi connectivity index (χ2n) is 4.53. The average molecular weight is 251 g/mol. The van der Waals surface area contributed by atoms with Crippen molar-refractivity contribution >= 4 is 39.1 Å². The van der Waals surface area contributed by atoms with E-state index in [0.717, 1.165) is 33.2 Å². The molecule has 0 saturated carbocycles. The molecule has 0 atom stereocenters. The second kappa shape index (κ2) is 4.24.